The Kier molecular flexibility index (Phi) is 1.71. The molecule has 10 heavy (non-hydrogen) atoms. The van der Waals surface area contributed by atoms with Crippen LogP contribution in [0.1, 0.15) is 6.92 Å². The van der Waals surface area contributed by atoms with Crippen LogP contribution in [0.3, 0.4) is 0 Å². The van der Waals surface area contributed by atoms with E-state index in [1.165, 1.54) is 0 Å². The van der Waals surface area contributed by atoms with Crippen molar-refractivity contribution in [2.24, 2.45) is 5.73 Å². The standard InChI is InChI=1S/C4H9NO4S/c1-2(5)3-4(9-3)10(6,7)8/h2-4H,5H2,1H3,(H,6,7,8)/t2-,3-,4-/m1/s1. The van der Waals surface area contributed by atoms with Crippen LogP contribution < -0.4 is 5.73 Å². The second kappa shape index (κ2) is 2.16. The van der Waals surface area contributed by atoms with Crippen LogP contribution in [0, 0.1) is 0 Å². The molecule has 6 heteroatoms. The maximum atomic E-state index is 10.3. The summed E-state index contributed by atoms with van der Waals surface area (Å²) in [5, 5.41) is 0. The van der Waals surface area contributed by atoms with Crippen molar-refractivity contribution in [1.82, 2.24) is 0 Å². The van der Waals surface area contributed by atoms with Crippen LogP contribution in [0.15, 0.2) is 0 Å². The number of hydrogen-bond donors (Lipinski definition) is 2. The molecule has 5 nitrogen and oxygen atoms in total. The van der Waals surface area contributed by atoms with Gasteiger partial charge in [-0.3, -0.25) is 4.55 Å². The lowest BCUT2D eigenvalue weighted by atomic mass is 10.3. The van der Waals surface area contributed by atoms with Crippen molar-refractivity contribution in [2.45, 2.75) is 24.5 Å². The highest BCUT2D eigenvalue weighted by molar-refractivity contribution is 7.86. The zero-order valence-electron chi connectivity index (χ0n) is 5.39. The third kappa shape index (κ3) is 1.46. The molecule has 3 N–H and O–H groups in total. The minimum Gasteiger partial charge on any atom is -0.348 e. The minimum atomic E-state index is -4.03. The Labute approximate surface area is 58.9 Å². The Hall–Kier alpha value is -0.170. The second-order valence-corrected chi connectivity index (χ2v) is 3.84. The molecule has 1 heterocycles. The molecule has 0 aliphatic carbocycles. The quantitative estimate of drug-likeness (QED) is 0.404. The van der Waals surface area contributed by atoms with Crippen LogP contribution in [0.5, 0.6) is 0 Å². The number of rotatable bonds is 2. The molecule has 1 fully saturated rings. The maximum Gasteiger partial charge on any atom is 0.295 e. The van der Waals surface area contributed by atoms with Crippen LogP contribution >= 0.6 is 0 Å². The third-order valence-electron chi connectivity index (χ3n) is 1.29. The number of nitrogens with two attached hydrogens (primary N) is 1. The molecular formula is C4H9NO4S. The van der Waals surface area contributed by atoms with Gasteiger partial charge in [0.15, 0.2) is 0 Å². The van der Waals surface area contributed by atoms with Crippen molar-refractivity contribution in [1.29, 1.82) is 0 Å². The Balaban J connectivity index is 2.55. The fourth-order valence-electron chi connectivity index (χ4n) is 0.721. The van der Waals surface area contributed by atoms with Gasteiger partial charge in [-0.1, -0.05) is 0 Å². The van der Waals surface area contributed by atoms with Gasteiger partial charge in [-0.25, -0.2) is 0 Å². The van der Waals surface area contributed by atoms with Gasteiger partial charge in [-0.15, -0.1) is 0 Å². The molecule has 0 spiro atoms. The van der Waals surface area contributed by atoms with Gasteiger partial charge in [0.05, 0.1) is 0 Å². The monoisotopic (exact) mass is 167 g/mol. The average molecular weight is 167 g/mol. The summed E-state index contributed by atoms with van der Waals surface area (Å²) in [6.07, 6.45) is -0.532. The van der Waals surface area contributed by atoms with Crippen LogP contribution in [0.2, 0.25) is 0 Å². The molecule has 0 aromatic carbocycles. The lowest BCUT2D eigenvalue weighted by Crippen LogP contribution is -2.25. The van der Waals surface area contributed by atoms with Crippen molar-refractivity contribution in [3.63, 3.8) is 0 Å². The van der Waals surface area contributed by atoms with Gasteiger partial charge < -0.3 is 10.5 Å². The van der Waals surface area contributed by atoms with Gasteiger partial charge in [0.1, 0.15) is 6.10 Å². The molecular weight excluding hydrogens is 158 g/mol. The highest BCUT2D eigenvalue weighted by atomic mass is 32.2. The topological polar surface area (TPSA) is 92.9 Å². The zero-order valence-corrected chi connectivity index (χ0v) is 6.21. The first kappa shape index (κ1) is 7.93. The van der Waals surface area contributed by atoms with Gasteiger partial charge in [0, 0.05) is 6.04 Å². The molecule has 1 rings (SSSR count). The summed E-state index contributed by atoms with van der Waals surface area (Å²) in [5.74, 6) is 0. The average Bonchev–Trinajstić information content (AvgIpc) is 2.35. The summed E-state index contributed by atoms with van der Waals surface area (Å²) in [6.45, 7) is 1.62. The van der Waals surface area contributed by atoms with E-state index in [9.17, 15) is 8.42 Å². The van der Waals surface area contributed by atoms with E-state index in [4.69, 9.17) is 10.3 Å². The van der Waals surface area contributed by atoms with Gasteiger partial charge in [0.2, 0.25) is 5.44 Å². The molecule has 0 aromatic rings. The molecule has 1 saturated heterocycles. The van der Waals surface area contributed by atoms with E-state index in [-0.39, 0.29) is 6.04 Å². The molecule has 0 aromatic heterocycles. The fraction of sp³-hybridized carbons (Fsp3) is 1.00. The van der Waals surface area contributed by atoms with Crippen molar-refractivity contribution in [3.8, 4) is 0 Å². The maximum absolute atomic E-state index is 10.3. The van der Waals surface area contributed by atoms with E-state index < -0.39 is 21.7 Å². The molecule has 60 valence electrons. The molecule has 0 amide bonds. The van der Waals surface area contributed by atoms with Gasteiger partial charge in [-0.2, -0.15) is 8.42 Å². The minimum absolute atomic E-state index is 0.355. The van der Waals surface area contributed by atoms with E-state index >= 15 is 0 Å². The lowest BCUT2D eigenvalue weighted by Gasteiger charge is -1.94. The Bertz CT molecular complexity index is 221. The highest BCUT2D eigenvalue weighted by Crippen LogP contribution is 2.28. The van der Waals surface area contributed by atoms with E-state index in [0.717, 1.165) is 0 Å². The molecule has 1 aliphatic rings. The molecule has 0 saturated carbocycles. The SMILES string of the molecule is C[C@@H](N)[C@H]1O[C@@H]1S(=O)(=O)O. The number of hydrogen-bond acceptors (Lipinski definition) is 4. The predicted octanol–water partition coefficient (Wildman–Crippen LogP) is -1.05. The van der Waals surface area contributed by atoms with Crippen molar-refractivity contribution < 1.29 is 17.7 Å². The first-order valence-electron chi connectivity index (χ1n) is 2.80. The smallest absolute Gasteiger partial charge is 0.295 e. The highest BCUT2D eigenvalue weighted by Gasteiger charge is 2.50. The van der Waals surface area contributed by atoms with Gasteiger partial charge in [0.25, 0.3) is 10.1 Å². The largest absolute Gasteiger partial charge is 0.348 e. The van der Waals surface area contributed by atoms with E-state index in [1.54, 1.807) is 6.92 Å². The van der Waals surface area contributed by atoms with Gasteiger partial charge >= 0.3 is 0 Å². The predicted molar refractivity (Wildman–Crippen MR) is 33.9 cm³/mol. The summed E-state index contributed by atoms with van der Waals surface area (Å²) in [7, 11) is -4.03. The van der Waals surface area contributed by atoms with Crippen LogP contribution in [-0.2, 0) is 14.9 Å². The number of ether oxygens (including phenoxy) is 1. The molecule has 3 atom stereocenters. The number of epoxide rings is 1. The van der Waals surface area contributed by atoms with Crippen molar-refractivity contribution in [2.75, 3.05) is 0 Å². The van der Waals surface area contributed by atoms with E-state index in [0.29, 0.717) is 0 Å². The Morgan fingerprint density at radius 3 is 2.30 bits per heavy atom. The molecule has 0 bridgehead atoms. The van der Waals surface area contributed by atoms with Crippen LogP contribution in [-0.4, -0.2) is 30.6 Å². The zero-order chi connectivity index (χ0) is 7.94. The normalized spacial score (nSPS) is 35.5. The first-order chi connectivity index (χ1) is 4.43. The summed E-state index contributed by atoms with van der Waals surface area (Å²) in [5.41, 5.74) is 4.19. The van der Waals surface area contributed by atoms with E-state index in [2.05, 4.69) is 4.74 Å². The van der Waals surface area contributed by atoms with Crippen LogP contribution in [0.4, 0.5) is 0 Å². The second-order valence-electron chi connectivity index (χ2n) is 2.34. The Morgan fingerprint density at radius 2 is 2.20 bits per heavy atom. The van der Waals surface area contributed by atoms with Gasteiger partial charge in [-0.05, 0) is 6.92 Å². The fourth-order valence-corrected chi connectivity index (χ4v) is 1.58. The first-order valence-corrected chi connectivity index (χ1v) is 4.30. The lowest BCUT2D eigenvalue weighted by molar-refractivity contribution is 0.363. The van der Waals surface area contributed by atoms with Crippen LogP contribution in [0.25, 0.3) is 0 Å². The summed E-state index contributed by atoms with van der Waals surface area (Å²) < 4.78 is 33.5. The van der Waals surface area contributed by atoms with E-state index in [1.807, 2.05) is 0 Å². The molecule has 0 radical (unpaired) electrons. The summed E-state index contributed by atoms with van der Waals surface area (Å²) >= 11 is 0. The summed E-state index contributed by atoms with van der Waals surface area (Å²) in [4.78, 5) is 0. The van der Waals surface area contributed by atoms with Crippen molar-refractivity contribution in [3.05, 3.63) is 0 Å². The molecule has 1 aliphatic heterocycles. The Morgan fingerprint density at radius 1 is 1.70 bits per heavy atom. The third-order valence-corrected chi connectivity index (χ3v) is 2.26. The van der Waals surface area contributed by atoms with Crippen molar-refractivity contribution >= 4 is 10.1 Å². The molecule has 0 unspecified atom stereocenters. The summed E-state index contributed by atoms with van der Waals surface area (Å²) in [6, 6.07) is -0.355.